The lowest BCUT2D eigenvalue weighted by atomic mass is 10.0. The Hall–Kier alpha value is -3.17. The van der Waals surface area contributed by atoms with E-state index in [0.29, 0.717) is 23.7 Å². The Balaban J connectivity index is 2.20. The number of carbonyl (C=O) groups is 2. The van der Waals surface area contributed by atoms with Gasteiger partial charge in [-0.1, -0.05) is 37.0 Å². The minimum Gasteiger partial charge on any atom is -0.372 e. The Morgan fingerprint density at radius 1 is 1.12 bits per heavy atom. The van der Waals surface area contributed by atoms with Crippen LogP contribution in [0.4, 0.5) is 11.4 Å². The van der Waals surface area contributed by atoms with Crippen molar-refractivity contribution in [3.8, 4) is 0 Å². The van der Waals surface area contributed by atoms with Crippen LogP contribution in [0.15, 0.2) is 41.5 Å². The average molecular weight is 508 g/mol. The number of hydrogen-bond acceptors (Lipinski definition) is 6. The summed E-state index contributed by atoms with van der Waals surface area (Å²) in [5, 5.41) is 18.4. The van der Waals surface area contributed by atoms with Gasteiger partial charge in [-0.3, -0.25) is 19.7 Å². The number of hydrogen-bond donors (Lipinski definition) is 2. The molecule has 1 atom stereocenters. The number of amides is 2. The number of nitro groups is 1. The topological polar surface area (TPSA) is 117 Å². The number of hydrazone groups is 1. The van der Waals surface area contributed by atoms with Gasteiger partial charge in [-0.25, -0.2) is 5.43 Å². The van der Waals surface area contributed by atoms with Gasteiger partial charge >= 0.3 is 0 Å². The van der Waals surface area contributed by atoms with Crippen molar-refractivity contribution in [2.45, 2.75) is 33.7 Å². The fraction of sp³-hybridized carbons (Fsp3) is 0.348. The van der Waals surface area contributed by atoms with Crippen LogP contribution in [0.5, 0.6) is 0 Å². The molecule has 2 amide bonds. The van der Waals surface area contributed by atoms with Gasteiger partial charge < -0.3 is 10.2 Å². The molecule has 2 aromatic carbocycles. The number of nitrogens with one attached hydrogen (secondary N) is 2. The Bertz CT molecular complexity index is 1090. The molecule has 34 heavy (non-hydrogen) atoms. The van der Waals surface area contributed by atoms with Crippen LogP contribution in [-0.4, -0.2) is 42.1 Å². The third-order valence-electron chi connectivity index (χ3n) is 5.12. The summed E-state index contributed by atoms with van der Waals surface area (Å²) in [5.41, 5.74) is 3.83. The normalized spacial score (nSPS) is 12.0. The molecule has 11 heteroatoms. The summed E-state index contributed by atoms with van der Waals surface area (Å²) in [6.45, 7) is 8.88. The molecule has 0 radical (unpaired) electrons. The van der Waals surface area contributed by atoms with Gasteiger partial charge in [0, 0.05) is 42.0 Å². The van der Waals surface area contributed by atoms with Crippen molar-refractivity contribution in [1.82, 2.24) is 10.7 Å². The number of benzene rings is 2. The maximum Gasteiger partial charge on any atom is 0.270 e. The van der Waals surface area contributed by atoms with Gasteiger partial charge in [0.15, 0.2) is 0 Å². The van der Waals surface area contributed by atoms with Gasteiger partial charge in [-0.05, 0) is 44.0 Å². The van der Waals surface area contributed by atoms with Gasteiger partial charge in [0.1, 0.15) is 6.04 Å². The predicted octanol–water partition coefficient (Wildman–Crippen LogP) is 4.65. The van der Waals surface area contributed by atoms with E-state index in [1.165, 1.54) is 36.5 Å². The van der Waals surface area contributed by atoms with E-state index in [-0.39, 0.29) is 22.2 Å². The zero-order valence-electron chi connectivity index (χ0n) is 19.3. The summed E-state index contributed by atoms with van der Waals surface area (Å²) in [6, 6.07) is 8.03. The van der Waals surface area contributed by atoms with Crippen LogP contribution in [0.1, 0.15) is 43.6 Å². The van der Waals surface area contributed by atoms with E-state index in [1.54, 1.807) is 19.9 Å². The summed E-state index contributed by atoms with van der Waals surface area (Å²) in [6.07, 6.45) is 1.36. The molecule has 2 aromatic rings. The van der Waals surface area contributed by atoms with E-state index in [9.17, 15) is 19.7 Å². The first-order chi connectivity index (χ1) is 16.1. The quantitative estimate of drug-likeness (QED) is 0.275. The predicted molar refractivity (Wildman–Crippen MR) is 135 cm³/mol. The first-order valence-corrected chi connectivity index (χ1v) is 11.5. The van der Waals surface area contributed by atoms with E-state index in [4.69, 9.17) is 23.2 Å². The third-order valence-corrected chi connectivity index (χ3v) is 5.86. The van der Waals surface area contributed by atoms with E-state index in [1.807, 2.05) is 18.7 Å². The van der Waals surface area contributed by atoms with Crippen LogP contribution in [0.2, 0.25) is 10.0 Å². The lowest BCUT2D eigenvalue weighted by Crippen LogP contribution is -2.48. The second-order valence-corrected chi connectivity index (χ2v) is 8.55. The number of non-ortho nitro benzene ring substituents is 1. The molecule has 0 aliphatic heterocycles. The highest BCUT2D eigenvalue weighted by Gasteiger charge is 2.25. The van der Waals surface area contributed by atoms with Crippen LogP contribution >= 0.6 is 23.2 Å². The Labute approximate surface area is 208 Å². The largest absolute Gasteiger partial charge is 0.372 e. The van der Waals surface area contributed by atoms with Crippen molar-refractivity contribution in [1.29, 1.82) is 0 Å². The smallest absolute Gasteiger partial charge is 0.270 e. The summed E-state index contributed by atoms with van der Waals surface area (Å²) >= 11 is 11.9. The number of carbonyl (C=O) groups excluding carboxylic acids is 2. The second kappa shape index (κ2) is 12.3. The van der Waals surface area contributed by atoms with Crippen LogP contribution in [0.3, 0.4) is 0 Å². The maximum atomic E-state index is 12.8. The van der Waals surface area contributed by atoms with Crippen LogP contribution in [-0.2, 0) is 4.79 Å². The molecular formula is C23H27Cl2N5O4. The highest BCUT2D eigenvalue weighted by molar-refractivity contribution is 6.42. The molecular weight excluding hydrogens is 481 g/mol. The molecule has 0 aliphatic rings. The van der Waals surface area contributed by atoms with E-state index >= 15 is 0 Å². The van der Waals surface area contributed by atoms with E-state index in [2.05, 4.69) is 15.8 Å². The van der Waals surface area contributed by atoms with Crippen LogP contribution < -0.4 is 15.6 Å². The number of anilines is 1. The summed E-state index contributed by atoms with van der Waals surface area (Å²) < 4.78 is 0. The summed E-state index contributed by atoms with van der Waals surface area (Å²) in [7, 11) is 0. The fourth-order valence-electron chi connectivity index (χ4n) is 3.24. The van der Waals surface area contributed by atoms with E-state index < -0.39 is 22.8 Å². The monoisotopic (exact) mass is 507 g/mol. The van der Waals surface area contributed by atoms with Crippen molar-refractivity contribution in [3.05, 3.63) is 67.7 Å². The van der Waals surface area contributed by atoms with Gasteiger partial charge in [0.2, 0.25) is 0 Å². The zero-order valence-corrected chi connectivity index (χ0v) is 20.9. The Morgan fingerprint density at radius 3 is 2.35 bits per heavy atom. The fourth-order valence-corrected chi connectivity index (χ4v) is 3.54. The second-order valence-electron chi connectivity index (χ2n) is 7.73. The first kappa shape index (κ1) is 27.1. The minimum absolute atomic E-state index is 0.0855. The molecule has 0 spiro atoms. The molecule has 2 rings (SSSR count). The standard InChI is InChI=1S/C23H27Cl2N5O4/c1-5-29(6-2)20-10-8-17(30(33)34)11-16(20)13-26-28-23(32)21(14(3)4)27-22(31)15-7-9-18(24)19(25)12-15/h7-14,21H,5-6H2,1-4H3,(H,27,31)(H,28,32). The van der Waals surface area contributed by atoms with Crippen LogP contribution in [0, 0.1) is 16.0 Å². The molecule has 0 saturated heterocycles. The molecule has 0 bridgehead atoms. The number of halogens is 2. The van der Waals surface area contributed by atoms with Crippen molar-refractivity contribution in [2.75, 3.05) is 18.0 Å². The molecule has 182 valence electrons. The Morgan fingerprint density at radius 2 is 1.79 bits per heavy atom. The lowest BCUT2D eigenvalue weighted by Gasteiger charge is -2.23. The molecule has 0 aliphatic carbocycles. The average Bonchev–Trinajstić information content (AvgIpc) is 2.80. The van der Waals surface area contributed by atoms with E-state index in [0.717, 1.165) is 5.69 Å². The van der Waals surface area contributed by atoms with Gasteiger partial charge in [-0.15, -0.1) is 0 Å². The SMILES string of the molecule is CCN(CC)c1ccc([N+](=O)[O-])cc1C=NNC(=O)C(NC(=O)c1ccc(Cl)c(Cl)c1)C(C)C. The zero-order chi connectivity index (χ0) is 25.4. The molecule has 1 unspecified atom stereocenters. The number of nitrogens with zero attached hydrogens (tertiary/aromatic N) is 3. The lowest BCUT2D eigenvalue weighted by molar-refractivity contribution is -0.384. The molecule has 0 aromatic heterocycles. The minimum atomic E-state index is -0.883. The van der Waals surface area contributed by atoms with Crippen molar-refractivity contribution in [3.63, 3.8) is 0 Å². The van der Waals surface area contributed by atoms with Crippen LogP contribution in [0.25, 0.3) is 0 Å². The van der Waals surface area contributed by atoms with Crippen molar-refractivity contribution in [2.24, 2.45) is 11.0 Å². The van der Waals surface area contributed by atoms with Gasteiger partial charge in [0.05, 0.1) is 21.2 Å². The molecule has 0 heterocycles. The van der Waals surface area contributed by atoms with Crippen molar-refractivity contribution < 1.29 is 14.5 Å². The number of nitro benzene ring substituents is 1. The summed E-state index contributed by atoms with van der Waals surface area (Å²) in [5.74, 6) is -1.26. The molecule has 9 nitrogen and oxygen atoms in total. The molecule has 0 saturated carbocycles. The third kappa shape index (κ3) is 6.91. The maximum absolute atomic E-state index is 12.8. The highest BCUT2D eigenvalue weighted by atomic mass is 35.5. The van der Waals surface area contributed by atoms with Gasteiger partial charge in [0.25, 0.3) is 17.5 Å². The molecule has 0 fully saturated rings. The Kier molecular flexibility index (Phi) is 9.83. The summed E-state index contributed by atoms with van der Waals surface area (Å²) in [4.78, 5) is 38.1. The number of rotatable bonds is 10. The van der Waals surface area contributed by atoms with Gasteiger partial charge in [-0.2, -0.15) is 5.10 Å². The molecule has 2 N–H and O–H groups in total. The van der Waals surface area contributed by atoms with Crippen molar-refractivity contribution >= 4 is 52.6 Å². The first-order valence-electron chi connectivity index (χ1n) is 10.7. The highest BCUT2D eigenvalue weighted by Crippen LogP contribution is 2.24.